The van der Waals surface area contributed by atoms with Crippen molar-refractivity contribution in [3.05, 3.63) is 47.0 Å². The van der Waals surface area contributed by atoms with Crippen LogP contribution in [0, 0.1) is 6.92 Å². The van der Waals surface area contributed by atoms with Crippen LogP contribution >= 0.6 is 0 Å². The number of hydrogen-bond acceptors (Lipinski definition) is 0. The van der Waals surface area contributed by atoms with E-state index in [1.165, 1.54) is 61.6 Å². The third-order valence-corrected chi connectivity index (χ3v) is 3.93. The summed E-state index contributed by atoms with van der Waals surface area (Å²) < 4.78 is 0. The van der Waals surface area contributed by atoms with Gasteiger partial charge in [0.15, 0.2) is 0 Å². The molecule has 1 nitrogen and oxygen atoms in total. The van der Waals surface area contributed by atoms with Crippen LogP contribution in [0.15, 0.2) is 30.4 Å². The maximum Gasteiger partial charge on any atom is 0.00171 e. The van der Waals surface area contributed by atoms with Crippen LogP contribution in [-0.4, -0.2) is 5.48 Å². The van der Waals surface area contributed by atoms with Crippen molar-refractivity contribution < 1.29 is 6.90 Å². The van der Waals surface area contributed by atoms with Gasteiger partial charge in [-0.15, -0.1) is 0 Å². The van der Waals surface area contributed by atoms with Crippen molar-refractivity contribution in [3.8, 4) is 0 Å². The third-order valence-electron chi connectivity index (χ3n) is 3.93. The average Bonchev–Trinajstić information content (AvgIpc) is 2.53. The number of benzene rings is 1. The van der Waals surface area contributed by atoms with E-state index in [1.54, 1.807) is 5.56 Å². The molecule has 1 aromatic carbocycles. The number of allylic oxidation sites excluding steroid dienone is 1. The topological polar surface area (TPSA) is 31.5 Å². The van der Waals surface area contributed by atoms with Crippen molar-refractivity contribution >= 4 is 0 Å². The zero-order chi connectivity index (χ0) is 19.0. The molecule has 0 spiro atoms. The second-order valence-corrected chi connectivity index (χ2v) is 6.94. The number of aryl methyl sites for hydroxylation is 1. The molecule has 0 aromatic heterocycles. The van der Waals surface area contributed by atoms with Crippen LogP contribution in [0.4, 0.5) is 0 Å². The molecule has 0 aliphatic rings. The molecule has 0 heterocycles. The van der Waals surface area contributed by atoms with Crippen LogP contribution in [0.3, 0.4) is 0 Å². The fourth-order valence-electron chi connectivity index (χ4n) is 2.47. The van der Waals surface area contributed by atoms with Gasteiger partial charge in [-0.1, -0.05) is 104 Å². The minimum atomic E-state index is 0. The number of rotatable bonds is 7. The van der Waals surface area contributed by atoms with Gasteiger partial charge >= 0.3 is 0 Å². The highest BCUT2D eigenvalue weighted by atomic mass is 16.0. The lowest BCUT2D eigenvalue weighted by Gasteiger charge is -2.18. The Balaban J connectivity index is -0.000000267. The normalized spacial score (nSPS) is 10.4. The summed E-state index contributed by atoms with van der Waals surface area (Å²) >= 11 is 0. The zero-order valence-electron chi connectivity index (χ0n) is 18.5. The molecule has 0 amide bonds. The minimum Gasteiger partial charge on any atom is -0.412 e. The summed E-state index contributed by atoms with van der Waals surface area (Å²) in [6.07, 6.45) is 9.06. The van der Waals surface area contributed by atoms with E-state index in [0.29, 0.717) is 5.92 Å². The molecular weight excluding hydrogens is 304 g/mol. The predicted octanol–water partition coefficient (Wildman–Crippen LogP) is 8.05. The molecule has 0 aliphatic carbocycles. The van der Waals surface area contributed by atoms with E-state index in [9.17, 15) is 0 Å². The van der Waals surface area contributed by atoms with Crippen molar-refractivity contribution in [2.75, 3.05) is 0 Å². The van der Waals surface area contributed by atoms with Crippen molar-refractivity contribution in [1.82, 2.24) is 0 Å². The molecule has 2 N–H and O–H groups in total. The lowest BCUT2D eigenvalue weighted by molar-refractivity contribution is 0.661. The van der Waals surface area contributed by atoms with E-state index in [1.807, 2.05) is 0 Å². The SMILES string of the molecule is C=C(C)C(C)c1cccc(C)c1CCCCCC.CCC.CCC.O.[HH]. The molecule has 0 fully saturated rings. The first-order valence-corrected chi connectivity index (χ1v) is 10.1. The Labute approximate surface area is 160 Å². The Morgan fingerprint density at radius 2 is 1.52 bits per heavy atom. The van der Waals surface area contributed by atoms with Gasteiger partial charge < -0.3 is 5.48 Å². The van der Waals surface area contributed by atoms with Crippen LogP contribution in [0.1, 0.15) is 111 Å². The molecule has 1 aromatic rings. The highest BCUT2D eigenvalue weighted by molar-refractivity contribution is 5.39. The van der Waals surface area contributed by atoms with Gasteiger partial charge in [0.1, 0.15) is 0 Å². The van der Waals surface area contributed by atoms with E-state index in [4.69, 9.17) is 0 Å². The summed E-state index contributed by atoms with van der Waals surface area (Å²) in [5.74, 6) is 0.478. The van der Waals surface area contributed by atoms with E-state index >= 15 is 0 Å². The zero-order valence-corrected chi connectivity index (χ0v) is 18.5. The van der Waals surface area contributed by atoms with Crippen LogP contribution < -0.4 is 0 Å². The van der Waals surface area contributed by atoms with E-state index in [-0.39, 0.29) is 6.90 Å². The van der Waals surface area contributed by atoms with Gasteiger partial charge in [0.25, 0.3) is 0 Å². The second kappa shape index (κ2) is 19.2. The largest absolute Gasteiger partial charge is 0.412 e. The Kier molecular flexibility index (Phi) is 22.1. The highest BCUT2D eigenvalue weighted by Gasteiger charge is 2.12. The molecule has 25 heavy (non-hydrogen) atoms. The van der Waals surface area contributed by atoms with Crippen molar-refractivity contribution in [1.29, 1.82) is 0 Å². The maximum absolute atomic E-state index is 4.11. The summed E-state index contributed by atoms with van der Waals surface area (Å²) in [7, 11) is 0. The average molecular weight is 353 g/mol. The minimum absolute atomic E-state index is 0. The molecule has 0 aliphatic heterocycles. The molecule has 0 saturated heterocycles. The van der Waals surface area contributed by atoms with Crippen molar-refractivity contribution in [2.45, 2.75) is 106 Å². The summed E-state index contributed by atoms with van der Waals surface area (Å²) in [6, 6.07) is 6.70. The number of unbranched alkanes of at least 4 members (excludes halogenated alkanes) is 3. The Morgan fingerprint density at radius 1 is 1.00 bits per heavy atom. The molecule has 1 heteroatoms. The van der Waals surface area contributed by atoms with Gasteiger partial charge in [-0.25, -0.2) is 0 Å². The molecule has 1 atom stereocenters. The van der Waals surface area contributed by atoms with Gasteiger partial charge in [0.2, 0.25) is 0 Å². The smallest absolute Gasteiger partial charge is 0.00171 e. The van der Waals surface area contributed by atoms with Crippen LogP contribution in [0.5, 0.6) is 0 Å². The lowest BCUT2D eigenvalue weighted by atomic mass is 9.86. The third kappa shape index (κ3) is 13.8. The first kappa shape index (κ1) is 28.7. The fraction of sp³-hybridized carbons (Fsp3) is 0.667. The molecule has 0 bridgehead atoms. The maximum atomic E-state index is 4.11. The highest BCUT2D eigenvalue weighted by Crippen LogP contribution is 2.28. The first-order chi connectivity index (χ1) is 11.4. The van der Waals surface area contributed by atoms with Crippen molar-refractivity contribution in [3.63, 3.8) is 0 Å². The molecule has 0 saturated carbocycles. The fourth-order valence-corrected chi connectivity index (χ4v) is 2.47. The van der Waals surface area contributed by atoms with Gasteiger partial charge in [0.05, 0.1) is 0 Å². The van der Waals surface area contributed by atoms with Crippen molar-refractivity contribution in [2.24, 2.45) is 0 Å². The van der Waals surface area contributed by atoms with Gasteiger partial charge in [-0.3, -0.25) is 0 Å². The predicted molar refractivity (Wildman–Crippen MR) is 120 cm³/mol. The Bertz CT molecular complexity index is 424. The Morgan fingerprint density at radius 3 is 1.96 bits per heavy atom. The first-order valence-electron chi connectivity index (χ1n) is 10.1. The molecule has 0 radical (unpaired) electrons. The van der Waals surface area contributed by atoms with Gasteiger partial charge in [-0.05, 0) is 43.4 Å². The standard InChI is InChI=1S/C18H28.2C3H8.H2O.H2/c1-6-7-8-9-12-17-15(4)11-10-13-18(17)16(5)14(2)3;2*1-3-2;;/h10-11,13,16H,2,6-9,12H2,1,3-5H3;2*3H2,1-2H3;1H2;1H. The van der Waals surface area contributed by atoms with E-state index in [0.717, 1.165) is 0 Å². The van der Waals surface area contributed by atoms with Crippen LogP contribution in [0.25, 0.3) is 0 Å². The molecule has 150 valence electrons. The second-order valence-electron chi connectivity index (χ2n) is 6.94. The number of hydrogen-bond donors (Lipinski definition) is 0. The molecular formula is C24H48O. The summed E-state index contributed by atoms with van der Waals surface area (Å²) in [4.78, 5) is 0. The van der Waals surface area contributed by atoms with E-state index < -0.39 is 0 Å². The van der Waals surface area contributed by atoms with Gasteiger partial charge in [-0.2, -0.15) is 0 Å². The summed E-state index contributed by atoms with van der Waals surface area (Å²) in [5, 5.41) is 0. The molecule has 1 rings (SSSR count). The summed E-state index contributed by atoms with van der Waals surface area (Å²) in [6.45, 7) is 21.5. The molecule has 1 unspecified atom stereocenters. The monoisotopic (exact) mass is 352 g/mol. The Hall–Kier alpha value is -1.08. The van der Waals surface area contributed by atoms with Crippen LogP contribution in [0.2, 0.25) is 0 Å². The van der Waals surface area contributed by atoms with Gasteiger partial charge in [0, 0.05) is 7.34 Å². The van der Waals surface area contributed by atoms with E-state index in [2.05, 4.69) is 80.2 Å². The lowest BCUT2D eigenvalue weighted by Crippen LogP contribution is -2.02. The van der Waals surface area contributed by atoms with Crippen LogP contribution in [-0.2, 0) is 6.42 Å². The quantitative estimate of drug-likeness (QED) is 0.351. The summed E-state index contributed by atoms with van der Waals surface area (Å²) in [5.41, 5.74) is 5.75.